The number of ether oxygens (including phenoxy) is 1. The number of nitrogens with zero attached hydrogens (tertiary/aromatic N) is 1. The average Bonchev–Trinajstić information content (AvgIpc) is 2.27. The highest BCUT2D eigenvalue weighted by atomic mass is 19.1. The van der Waals surface area contributed by atoms with Crippen LogP contribution in [0.3, 0.4) is 0 Å². The number of hydrogen-bond donors (Lipinski definition) is 0. The molecule has 1 aromatic rings. The minimum Gasteiger partial charge on any atom is -0.462 e. The van der Waals surface area contributed by atoms with Gasteiger partial charge < -0.3 is 4.74 Å². The van der Waals surface area contributed by atoms with Gasteiger partial charge in [-0.15, -0.1) is 0 Å². The maximum Gasteiger partial charge on any atom is 0.338 e. The van der Waals surface area contributed by atoms with Crippen LogP contribution in [0.1, 0.15) is 30.6 Å². The highest BCUT2D eigenvalue weighted by molar-refractivity contribution is 5.89. The maximum atomic E-state index is 13.3. The highest BCUT2D eigenvalue weighted by Gasteiger charge is 2.17. The van der Waals surface area contributed by atoms with Gasteiger partial charge in [0.2, 0.25) is 5.82 Å². The Labute approximate surface area is 104 Å². The Morgan fingerprint density at radius 3 is 2.67 bits per heavy atom. The van der Waals surface area contributed by atoms with Crippen LogP contribution in [0.2, 0.25) is 0 Å². The van der Waals surface area contributed by atoms with Gasteiger partial charge in [-0.2, -0.15) is 4.39 Å². The van der Waals surface area contributed by atoms with Crippen molar-refractivity contribution in [3.8, 4) is 0 Å². The van der Waals surface area contributed by atoms with Crippen molar-refractivity contribution in [2.45, 2.75) is 20.3 Å². The standard InChI is InChI=1S/C12H14FNO4/c1-8(2)5-6-18-12(15)9-3-4-11(14(16)17)10(13)7-9/h3-4,7-8H,5-6H2,1-2H3. The molecule has 98 valence electrons. The van der Waals surface area contributed by atoms with Crippen molar-refractivity contribution in [3.05, 3.63) is 39.7 Å². The first-order chi connectivity index (χ1) is 8.41. The molecular formula is C12H14FNO4. The lowest BCUT2D eigenvalue weighted by Crippen LogP contribution is -2.08. The van der Waals surface area contributed by atoms with Gasteiger partial charge in [0.15, 0.2) is 0 Å². The first-order valence-corrected chi connectivity index (χ1v) is 5.53. The van der Waals surface area contributed by atoms with Gasteiger partial charge in [0.05, 0.1) is 17.1 Å². The Balaban J connectivity index is 2.70. The molecule has 0 amide bonds. The lowest BCUT2D eigenvalue weighted by molar-refractivity contribution is -0.387. The van der Waals surface area contributed by atoms with E-state index in [9.17, 15) is 19.3 Å². The fraction of sp³-hybridized carbons (Fsp3) is 0.417. The third-order valence-electron chi connectivity index (χ3n) is 2.31. The molecule has 0 fully saturated rings. The Morgan fingerprint density at radius 1 is 1.50 bits per heavy atom. The number of rotatable bonds is 5. The molecule has 0 aliphatic heterocycles. The van der Waals surface area contributed by atoms with Crippen LogP contribution in [0.5, 0.6) is 0 Å². The molecule has 0 spiro atoms. The molecule has 5 nitrogen and oxygen atoms in total. The summed E-state index contributed by atoms with van der Waals surface area (Å²) in [7, 11) is 0. The summed E-state index contributed by atoms with van der Waals surface area (Å²) < 4.78 is 18.2. The van der Waals surface area contributed by atoms with Crippen LogP contribution < -0.4 is 0 Å². The molecule has 0 aromatic heterocycles. The lowest BCUT2D eigenvalue weighted by Gasteiger charge is -2.06. The van der Waals surface area contributed by atoms with E-state index in [0.29, 0.717) is 12.3 Å². The summed E-state index contributed by atoms with van der Waals surface area (Å²) in [4.78, 5) is 21.1. The molecule has 0 saturated heterocycles. The van der Waals surface area contributed by atoms with Crippen molar-refractivity contribution in [3.63, 3.8) is 0 Å². The lowest BCUT2D eigenvalue weighted by atomic mass is 10.1. The molecule has 0 radical (unpaired) electrons. The number of nitro benzene ring substituents is 1. The summed E-state index contributed by atoms with van der Waals surface area (Å²) in [6.45, 7) is 4.22. The van der Waals surface area contributed by atoms with Crippen LogP contribution in [0.4, 0.5) is 10.1 Å². The smallest absolute Gasteiger partial charge is 0.338 e. The number of hydrogen-bond acceptors (Lipinski definition) is 4. The van der Waals surface area contributed by atoms with Crippen LogP contribution >= 0.6 is 0 Å². The molecule has 0 saturated carbocycles. The number of halogens is 1. The van der Waals surface area contributed by atoms with E-state index in [1.54, 1.807) is 0 Å². The van der Waals surface area contributed by atoms with Crippen LogP contribution in [0.15, 0.2) is 18.2 Å². The Bertz CT molecular complexity index is 459. The van der Waals surface area contributed by atoms with Crippen molar-refractivity contribution in [1.29, 1.82) is 0 Å². The summed E-state index contributed by atoms with van der Waals surface area (Å²) in [5.41, 5.74) is -0.685. The number of nitro groups is 1. The molecule has 0 N–H and O–H groups in total. The maximum absolute atomic E-state index is 13.3. The van der Waals surface area contributed by atoms with E-state index in [-0.39, 0.29) is 12.2 Å². The molecule has 0 aliphatic carbocycles. The second-order valence-electron chi connectivity index (χ2n) is 4.24. The summed E-state index contributed by atoms with van der Waals surface area (Å²) in [6, 6.07) is 2.95. The molecule has 1 aromatic carbocycles. The van der Waals surface area contributed by atoms with Crippen LogP contribution in [-0.4, -0.2) is 17.5 Å². The highest BCUT2D eigenvalue weighted by Crippen LogP contribution is 2.18. The van der Waals surface area contributed by atoms with E-state index >= 15 is 0 Å². The summed E-state index contributed by atoms with van der Waals surface area (Å²) >= 11 is 0. The first kappa shape index (κ1) is 14.1. The summed E-state index contributed by atoms with van der Waals surface area (Å²) in [5.74, 6) is -1.32. The number of benzene rings is 1. The quantitative estimate of drug-likeness (QED) is 0.460. The molecule has 18 heavy (non-hydrogen) atoms. The van der Waals surface area contributed by atoms with Crippen LogP contribution in [0, 0.1) is 21.8 Å². The molecule has 6 heteroatoms. The molecule has 0 bridgehead atoms. The van der Waals surface area contributed by atoms with Gasteiger partial charge in [-0.1, -0.05) is 13.8 Å². The Kier molecular flexibility index (Phi) is 4.76. The Morgan fingerprint density at radius 2 is 2.17 bits per heavy atom. The van der Waals surface area contributed by atoms with Crippen molar-refractivity contribution in [1.82, 2.24) is 0 Å². The fourth-order valence-corrected chi connectivity index (χ4v) is 1.25. The largest absolute Gasteiger partial charge is 0.462 e. The van der Waals surface area contributed by atoms with E-state index < -0.39 is 22.4 Å². The van der Waals surface area contributed by atoms with Crippen LogP contribution in [0.25, 0.3) is 0 Å². The van der Waals surface area contributed by atoms with Gasteiger partial charge in [-0.3, -0.25) is 10.1 Å². The molecular weight excluding hydrogens is 241 g/mol. The predicted octanol–water partition coefficient (Wildman–Crippen LogP) is 2.94. The molecule has 1 rings (SSSR count). The fourth-order valence-electron chi connectivity index (χ4n) is 1.25. The minimum atomic E-state index is -1.04. The van der Waals surface area contributed by atoms with Crippen molar-refractivity contribution in [2.75, 3.05) is 6.61 Å². The van der Waals surface area contributed by atoms with Gasteiger partial charge in [0.1, 0.15) is 0 Å². The third-order valence-corrected chi connectivity index (χ3v) is 2.31. The van der Waals surface area contributed by atoms with Gasteiger partial charge in [-0.05, 0) is 24.5 Å². The van der Waals surface area contributed by atoms with Gasteiger partial charge in [0, 0.05) is 6.07 Å². The van der Waals surface area contributed by atoms with Gasteiger partial charge in [0.25, 0.3) is 0 Å². The van der Waals surface area contributed by atoms with Gasteiger partial charge >= 0.3 is 11.7 Å². The zero-order chi connectivity index (χ0) is 13.7. The molecule has 0 atom stereocenters. The van der Waals surface area contributed by atoms with Crippen molar-refractivity contribution < 1.29 is 18.8 Å². The normalized spacial score (nSPS) is 10.4. The SMILES string of the molecule is CC(C)CCOC(=O)c1ccc([N+](=O)[O-])c(F)c1. The van der Waals surface area contributed by atoms with Gasteiger partial charge in [-0.25, -0.2) is 4.79 Å². The van der Waals surface area contributed by atoms with E-state index in [1.807, 2.05) is 13.8 Å². The zero-order valence-corrected chi connectivity index (χ0v) is 10.2. The van der Waals surface area contributed by atoms with E-state index in [2.05, 4.69) is 0 Å². The minimum absolute atomic E-state index is 0.0261. The number of esters is 1. The second-order valence-corrected chi connectivity index (χ2v) is 4.24. The van der Waals surface area contributed by atoms with Crippen LogP contribution in [-0.2, 0) is 4.74 Å². The summed E-state index contributed by atoms with van der Waals surface area (Å²) in [6.07, 6.45) is 0.710. The number of carbonyl (C=O) groups excluding carboxylic acids is 1. The monoisotopic (exact) mass is 255 g/mol. The third kappa shape index (κ3) is 3.80. The van der Waals surface area contributed by atoms with E-state index in [4.69, 9.17) is 4.74 Å². The molecule has 0 unspecified atom stereocenters. The van der Waals surface area contributed by atoms with E-state index in [0.717, 1.165) is 12.1 Å². The first-order valence-electron chi connectivity index (χ1n) is 5.53. The van der Waals surface area contributed by atoms with E-state index in [1.165, 1.54) is 6.07 Å². The van der Waals surface area contributed by atoms with Crippen molar-refractivity contribution in [2.24, 2.45) is 5.92 Å². The summed E-state index contributed by atoms with van der Waals surface area (Å²) in [5, 5.41) is 10.4. The van der Waals surface area contributed by atoms with Crippen molar-refractivity contribution >= 4 is 11.7 Å². The average molecular weight is 255 g/mol. The number of carbonyl (C=O) groups is 1. The molecule has 0 aliphatic rings. The zero-order valence-electron chi connectivity index (χ0n) is 10.2. The topological polar surface area (TPSA) is 69.4 Å². The second kappa shape index (κ2) is 6.09. The molecule has 0 heterocycles. The Hall–Kier alpha value is -1.98. The predicted molar refractivity (Wildman–Crippen MR) is 62.8 cm³/mol.